The fraction of sp³-hybridized carbons (Fsp3) is 0.385. The Hall–Kier alpha value is -3.00. The molecular weight excluding hydrogens is 448 g/mol. The summed E-state index contributed by atoms with van der Waals surface area (Å²) >= 11 is 0. The highest BCUT2D eigenvalue weighted by molar-refractivity contribution is 5.76. The molecule has 4 N–H and O–H groups in total. The molecule has 0 bridgehead atoms. The van der Waals surface area contributed by atoms with Crippen LogP contribution < -0.4 is 15.8 Å². The van der Waals surface area contributed by atoms with Crippen LogP contribution in [-0.2, 0) is 11.8 Å². The van der Waals surface area contributed by atoms with Crippen molar-refractivity contribution in [2.45, 2.75) is 50.8 Å². The Morgan fingerprint density at radius 2 is 1.97 bits per heavy atom. The molecule has 3 rings (SSSR count). The van der Waals surface area contributed by atoms with E-state index in [1.54, 1.807) is 51.1 Å². The predicted octanol–water partition coefficient (Wildman–Crippen LogP) is 5.80. The van der Waals surface area contributed by atoms with Gasteiger partial charge in [0.2, 0.25) is 0 Å². The summed E-state index contributed by atoms with van der Waals surface area (Å²) in [6.45, 7) is 8.01. The first-order valence-electron chi connectivity index (χ1n) is 11.0. The van der Waals surface area contributed by atoms with Gasteiger partial charge >= 0.3 is 6.18 Å². The first-order valence-corrected chi connectivity index (χ1v) is 11.0. The van der Waals surface area contributed by atoms with Crippen molar-refractivity contribution in [3.63, 3.8) is 0 Å². The van der Waals surface area contributed by atoms with E-state index < -0.39 is 36.0 Å². The Kier molecular flexibility index (Phi) is 7.03. The van der Waals surface area contributed by atoms with Gasteiger partial charge in [0.05, 0.1) is 13.2 Å². The molecular formula is C26H30F4N2O2. The quantitative estimate of drug-likeness (QED) is 0.420. The zero-order valence-electron chi connectivity index (χ0n) is 19.5. The van der Waals surface area contributed by atoms with Crippen molar-refractivity contribution in [1.29, 1.82) is 0 Å². The average Bonchev–Trinajstić information content (AvgIpc) is 3.19. The van der Waals surface area contributed by atoms with Gasteiger partial charge in [0.15, 0.2) is 5.60 Å². The maximum Gasteiger partial charge on any atom is 0.418 e. The minimum atomic E-state index is -4.95. The number of nitrogens with one attached hydrogen (secondary N) is 1. The number of rotatable bonds is 8. The molecule has 0 radical (unpaired) electrons. The zero-order valence-corrected chi connectivity index (χ0v) is 19.5. The first kappa shape index (κ1) is 25.6. The number of nitrogens with two attached hydrogens (primary N) is 1. The van der Waals surface area contributed by atoms with E-state index in [9.17, 15) is 22.7 Å². The molecule has 0 saturated heterocycles. The van der Waals surface area contributed by atoms with E-state index in [0.717, 1.165) is 0 Å². The molecule has 1 aliphatic rings. The third kappa shape index (κ3) is 5.22. The summed E-state index contributed by atoms with van der Waals surface area (Å²) < 4.78 is 62.5. The zero-order chi connectivity index (χ0) is 25.3. The van der Waals surface area contributed by atoms with E-state index in [1.165, 1.54) is 12.1 Å². The van der Waals surface area contributed by atoms with Crippen LogP contribution in [0.2, 0.25) is 0 Å². The largest absolute Gasteiger partial charge is 0.493 e. The van der Waals surface area contributed by atoms with Crippen molar-refractivity contribution in [1.82, 2.24) is 0 Å². The fourth-order valence-electron chi connectivity index (χ4n) is 4.41. The molecule has 2 aromatic rings. The molecule has 0 aliphatic carbocycles. The lowest BCUT2D eigenvalue weighted by Crippen LogP contribution is -2.53. The van der Waals surface area contributed by atoms with Crippen molar-refractivity contribution < 1.29 is 27.4 Å². The number of aliphatic hydroxyl groups is 1. The Bertz CT molecular complexity index is 1100. The third-order valence-corrected chi connectivity index (χ3v) is 6.04. The van der Waals surface area contributed by atoms with Gasteiger partial charge < -0.3 is 20.9 Å². The minimum Gasteiger partial charge on any atom is -0.493 e. The van der Waals surface area contributed by atoms with Gasteiger partial charge in [0, 0.05) is 34.5 Å². The Labute approximate surface area is 197 Å². The number of halogens is 4. The van der Waals surface area contributed by atoms with Crippen molar-refractivity contribution in [3.8, 4) is 5.75 Å². The molecule has 0 saturated carbocycles. The van der Waals surface area contributed by atoms with Crippen LogP contribution in [0.5, 0.6) is 5.75 Å². The van der Waals surface area contributed by atoms with Crippen LogP contribution in [-0.4, -0.2) is 30.0 Å². The molecule has 1 heterocycles. The van der Waals surface area contributed by atoms with Crippen molar-refractivity contribution >= 4 is 17.8 Å². The van der Waals surface area contributed by atoms with Gasteiger partial charge in [-0.15, -0.1) is 0 Å². The number of anilines is 1. The summed E-state index contributed by atoms with van der Waals surface area (Å²) in [5.74, 6) is -0.149. The maximum atomic E-state index is 14.2. The van der Waals surface area contributed by atoms with Crippen molar-refractivity contribution in [2.24, 2.45) is 5.73 Å². The number of fused-ring (bicyclic) bond motifs is 1. The smallest absolute Gasteiger partial charge is 0.418 e. The number of hydrogen-bond acceptors (Lipinski definition) is 4. The van der Waals surface area contributed by atoms with E-state index >= 15 is 0 Å². The summed E-state index contributed by atoms with van der Waals surface area (Å²) in [4.78, 5) is 0. The topological polar surface area (TPSA) is 67.5 Å². The van der Waals surface area contributed by atoms with Gasteiger partial charge in [-0.05, 0) is 48.6 Å². The van der Waals surface area contributed by atoms with Crippen LogP contribution in [0.4, 0.5) is 23.2 Å². The molecule has 0 fully saturated rings. The van der Waals surface area contributed by atoms with Crippen LogP contribution in [0.15, 0.2) is 42.6 Å². The molecule has 0 spiro atoms. The Morgan fingerprint density at radius 1 is 1.26 bits per heavy atom. The monoisotopic (exact) mass is 478 g/mol. The van der Waals surface area contributed by atoms with E-state index in [4.69, 9.17) is 10.5 Å². The second kappa shape index (κ2) is 9.33. The number of benzene rings is 2. The van der Waals surface area contributed by atoms with Crippen LogP contribution in [0, 0.1) is 5.82 Å². The third-order valence-electron chi connectivity index (χ3n) is 6.04. The summed E-state index contributed by atoms with van der Waals surface area (Å²) in [7, 11) is 0. The van der Waals surface area contributed by atoms with Crippen LogP contribution >= 0.6 is 0 Å². The summed E-state index contributed by atoms with van der Waals surface area (Å²) in [5.41, 5.74) is 4.44. The minimum absolute atomic E-state index is 0.304. The second-order valence-electron chi connectivity index (χ2n) is 9.38. The highest BCUT2D eigenvalue weighted by Crippen LogP contribution is 2.46. The summed E-state index contributed by atoms with van der Waals surface area (Å²) in [6.07, 6.45) is -1.98. The molecule has 0 amide bonds. The number of hydrogen-bond donors (Lipinski definition) is 3. The standard InChI is InChI=1S/C26H30F4N2O2/c1-5-17-7-6-8-22(20(17)11-16(2)31)32-15-25(33,26(28,29)30)14-24(3,4)21-13-19(27)12-18-9-10-34-23(18)21/h5-8,11-13,32-33H,1,9-10,14-15,31H2,2-4H3/b16-11-/t25-/m0/s1. The normalized spacial score (nSPS) is 15.9. The van der Waals surface area contributed by atoms with Gasteiger partial charge in [-0.25, -0.2) is 4.39 Å². The average molecular weight is 479 g/mol. The van der Waals surface area contributed by atoms with E-state index in [0.29, 0.717) is 52.4 Å². The molecule has 1 atom stereocenters. The van der Waals surface area contributed by atoms with E-state index in [1.807, 2.05) is 0 Å². The van der Waals surface area contributed by atoms with Gasteiger partial charge in [-0.2, -0.15) is 13.2 Å². The van der Waals surface area contributed by atoms with Crippen LogP contribution in [0.3, 0.4) is 0 Å². The van der Waals surface area contributed by atoms with Crippen LogP contribution in [0.25, 0.3) is 12.2 Å². The van der Waals surface area contributed by atoms with E-state index in [2.05, 4.69) is 11.9 Å². The molecule has 8 heteroatoms. The number of allylic oxidation sites excluding steroid dienone is 1. The predicted molar refractivity (Wildman–Crippen MR) is 127 cm³/mol. The lowest BCUT2D eigenvalue weighted by Gasteiger charge is -2.38. The highest BCUT2D eigenvalue weighted by Gasteiger charge is 2.56. The maximum absolute atomic E-state index is 14.2. The lowest BCUT2D eigenvalue weighted by molar-refractivity contribution is -0.260. The first-order chi connectivity index (χ1) is 15.8. The molecule has 34 heavy (non-hydrogen) atoms. The Balaban J connectivity index is 1.96. The lowest BCUT2D eigenvalue weighted by atomic mass is 9.74. The number of ether oxygens (including phenoxy) is 1. The fourth-order valence-corrected chi connectivity index (χ4v) is 4.41. The molecule has 184 valence electrons. The SMILES string of the molecule is C=Cc1cccc(NC[C@@](O)(CC(C)(C)c2cc(F)cc3c2OCC3)C(F)(F)F)c1/C=C(/C)N. The highest BCUT2D eigenvalue weighted by atomic mass is 19.4. The van der Waals surface area contributed by atoms with Crippen LogP contribution in [0.1, 0.15) is 49.4 Å². The van der Waals surface area contributed by atoms with Crippen molar-refractivity contribution in [3.05, 3.63) is 70.7 Å². The second-order valence-corrected chi connectivity index (χ2v) is 9.38. The van der Waals surface area contributed by atoms with Gasteiger partial charge in [0.1, 0.15) is 11.6 Å². The molecule has 4 nitrogen and oxygen atoms in total. The van der Waals surface area contributed by atoms with Crippen molar-refractivity contribution in [2.75, 3.05) is 18.5 Å². The molecule has 2 aromatic carbocycles. The summed E-state index contributed by atoms with van der Waals surface area (Å²) in [5, 5.41) is 13.7. The van der Waals surface area contributed by atoms with Gasteiger partial charge in [0.25, 0.3) is 0 Å². The molecule has 1 aliphatic heterocycles. The Morgan fingerprint density at radius 3 is 2.59 bits per heavy atom. The van der Waals surface area contributed by atoms with Gasteiger partial charge in [-0.3, -0.25) is 0 Å². The van der Waals surface area contributed by atoms with E-state index in [-0.39, 0.29) is 0 Å². The summed E-state index contributed by atoms with van der Waals surface area (Å²) in [6, 6.07) is 7.56. The number of alkyl halides is 3. The molecule has 0 aromatic heterocycles. The van der Waals surface area contributed by atoms with Gasteiger partial charge in [-0.1, -0.05) is 38.6 Å². The molecule has 0 unspecified atom stereocenters.